The lowest BCUT2D eigenvalue weighted by atomic mass is 9.53. The van der Waals surface area contributed by atoms with Crippen LogP contribution in [0.15, 0.2) is 48.5 Å². The minimum absolute atomic E-state index is 0.00879. The quantitative estimate of drug-likeness (QED) is 0.228. The molecule has 2 amide bonds. The highest BCUT2D eigenvalue weighted by Crippen LogP contribution is 2.52. The van der Waals surface area contributed by atoms with Crippen LogP contribution in [0.2, 0.25) is 0 Å². The van der Waals surface area contributed by atoms with E-state index in [2.05, 4.69) is 21.3 Å². The molecule has 14 heteroatoms. The molecule has 3 rings (SSSR count). The molecule has 1 aliphatic carbocycles. The molecule has 2 unspecified atom stereocenters. The highest BCUT2D eigenvalue weighted by Gasteiger charge is 2.52. The van der Waals surface area contributed by atoms with E-state index in [9.17, 15) is 29.8 Å². The molecule has 1 aliphatic rings. The molecule has 12 nitrogen and oxygen atoms in total. The summed E-state index contributed by atoms with van der Waals surface area (Å²) in [5.41, 5.74) is 0.0172. The summed E-state index contributed by atoms with van der Waals surface area (Å²) < 4.78 is 0. The Morgan fingerprint density at radius 2 is 1.41 bits per heavy atom. The van der Waals surface area contributed by atoms with E-state index in [1.165, 1.54) is 36.4 Å². The number of carbonyl (C=O) groups is 2. The van der Waals surface area contributed by atoms with Gasteiger partial charge in [0.2, 0.25) is 11.8 Å². The van der Waals surface area contributed by atoms with Gasteiger partial charge in [0, 0.05) is 48.0 Å². The fourth-order valence-corrected chi connectivity index (χ4v) is 4.58. The smallest absolute Gasteiger partial charge is 0.271 e. The Morgan fingerprint density at radius 1 is 0.919 bits per heavy atom. The molecule has 37 heavy (non-hydrogen) atoms. The number of nitrogens with one attached hydrogen (secondary N) is 4. The van der Waals surface area contributed by atoms with E-state index < -0.39 is 21.2 Å². The first kappa shape index (κ1) is 27.5. The molecule has 2 aromatic rings. The molecule has 1 saturated carbocycles. The lowest BCUT2D eigenvalue weighted by molar-refractivity contribution is -0.385. The van der Waals surface area contributed by atoms with Crippen LogP contribution in [0.5, 0.6) is 0 Å². The molecular formula is C23H24N6O6S2. The number of hydrogen-bond donors (Lipinski definition) is 4. The predicted molar refractivity (Wildman–Crippen MR) is 145 cm³/mol. The van der Waals surface area contributed by atoms with Gasteiger partial charge in [0.15, 0.2) is 10.2 Å². The molecule has 0 aromatic heterocycles. The number of nitro groups is 2. The van der Waals surface area contributed by atoms with Crippen LogP contribution in [0.25, 0.3) is 0 Å². The standard InChI is InChI=1S/C23H24N6O6S2/c1-23(2)13(10-19(30)26-21(36)24-14-5-3-7-16(11-14)28(32)33)9-18(23)20(31)27-22(37)25-15-6-4-8-17(12-15)29(34)35/h3-8,11-13,18H,9-10H2,1-2H3,(H2,24,26,30,36)(H2,25,27,31,37). The summed E-state index contributed by atoms with van der Waals surface area (Å²) in [5.74, 6) is -1.15. The zero-order chi connectivity index (χ0) is 27.3. The van der Waals surface area contributed by atoms with Gasteiger partial charge in [0.1, 0.15) is 0 Å². The van der Waals surface area contributed by atoms with Crippen molar-refractivity contribution in [1.29, 1.82) is 0 Å². The molecule has 2 aromatic carbocycles. The van der Waals surface area contributed by atoms with Crippen molar-refractivity contribution in [1.82, 2.24) is 10.6 Å². The summed E-state index contributed by atoms with van der Waals surface area (Å²) >= 11 is 10.3. The lowest BCUT2D eigenvalue weighted by Crippen LogP contribution is -2.55. The van der Waals surface area contributed by atoms with Gasteiger partial charge >= 0.3 is 0 Å². The first-order valence-electron chi connectivity index (χ1n) is 11.1. The van der Waals surface area contributed by atoms with Crippen molar-refractivity contribution in [2.24, 2.45) is 17.3 Å². The van der Waals surface area contributed by atoms with Crippen molar-refractivity contribution in [2.75, 3.05) is 10.6 Å². The molecule has 0 aliphatic heterocycles. The van der Waals surface area contributed by atoms with Gasteiger partial charge in [-0.3, -0.25) is 29.8 Å². The number of benzene rings is 2. The van der Waals surface area contributed by atoms with Crippen LogP contribution < -0.4 is 21.3 Å². The monoisotopic (exact) mass is 544 g/mol. The minimum Gasteiger partial charge on any atom is -0.332 e. The van der Waals surface area contributed by atoms with Crippen LogP contribution in [-0.4, -0.2) is 31.9 Å². The van der Waals surface area contributed by atoms with Crippen molar-refractivity contribution < 1.29 is 19.4 Å². The van der Waals surface area contributed by atoms with Gasteiger partial charge in [-0.05, 0) is 54.3 Å². The number of nitrogens with zero attached hydrogens (tertiary/aromatic N) is 2. The largest absolute Gasteiger partial charge is 0.332 e. The molecule has 1 fully saturated rings. The first-order valence-corrected chi connectivity index (χ1v) is 11.9. The molecule has 0 bridgehead atoms. The van der Waals surface area contributed by atoms with Crippen LogP contribution >= 0.6 is 24.4 Å². The van der Waals surface area contributed by atoms with E-state index in [0.717, 1.165) is 0 Å². The van der Waals surface area contributed by atoms with Crippen LogP contribution in [0.3, 0.4) is 0 Å². The number of nitro benzene ring substituents is 2. The fraction of sp³-hybridized carbons (Fsp3) is 0.304. The normalized spacial score (nSPS) is 17.5. The van der Waals surface area contributed by atoms with Crippen molar-refractivity contribution in [2.45, 2.75) is 26.7 Å². The third kappa shape index (κ3) is 7.01. The van der Waals surface area contributed by atoms with Gasteiger partial charge in [0.25, 0.3) is 11.4 Å². The van der Waals surface area contributed by atoms with Crippen LogP contribution in [0, 0.1) is 37.5 Å². The first-order chi connectivity index (χ1) is 17.4. The Hall–Kier alpha value is -4.04. The topological polar surface area (TPSA) is 169 Å². The van der Waals surface area contributed by atoms with Crippen molar-refractivity contribution in [3.63, 3.8) is 0 Å². The van der Waals surface area contributed by atoms with Gasteiger partial charge < -0.3 is 21.3 Å². The van der Waals surface area contributed by atoms with E-state index in [4.69, 9.17) is 24.4 Å². The number of thiocarbonyl (C=S) groups is 2. The summed E-state index contributed by atoms with van der Waals surface area (Å²) in [6.07, 6.45) is 0.584. The zero-order valence-electron chi connectivity index (χ0n) is 19.8. The maximum absolute atomic E-state index is 12.8. The Kier molecular flexibility index (Phi) is 8.45. The van der Waals surface area contributed by atoms with Gasteiger partial charge in [-0.25, -0.2) is 0 Å². The van der Waals surface area contributed by atoms with Crippen molar-refractivity contribution >= 4 is 69.2 Å². The Labute approximate surface area is 222 Å². The second-order valence-electron chi connectivity index (χ2n) is 9.07. The predicted octanol–water partition coefficient (Wildman–Crippen LogP) is 3.88. The number of rotatable bonds is 7. The third-order valence-electron chi connectivity index (χ3n) is 6.34. The van der Waals surface area contributed by atoms with Gasteiger partial charge in [0.05, 0.1) is 9.85 Å². The Bertz CT molecular complexity index is 1280. The van der Waals surface area contributed by atoms with E-state index >= 15 is 0 Å². The molecular weight excluding hydrogens is 520 g/mol. The average Bonchev–Trinajstić information content (AvgIpc) is 2.81. The number of hydrogen-bond acceptors (Lipinski definition) is 8. The van der Waals surface area contributed by atoms with Gasteiger partial charge in [-0.15, -0.1) is 0 Å². The van der Waals surface area contributed by atoms with Gasteiger partial charge in [-0.1, -0.05) is 26.0 Å². The summed E-state index contributed by atoms with van der Waals surface area (Å²) in [6.45, 7) is 3.77. The van der Waals surface area contributed by atoms with E-state index in [1.54, 1.807) is 12.1 Å². The highest BCUT2D eigenvalue weighted by atomic mass is 32.1. The lowest BCUT2D eigenvalue weighted by Gasteiger charge is -2.51. The number of anilines is 2. The number of carbonyl (C=O) groups excluding carboxylic acids is 2. The van der Waals surface area contributed by atoms with E-state index in [-0.39, 0.29) is 45.8 Å². The molecule has 0 heterocycles. The second-order valence-corrected chi connectivity index (χ2v) is 9.89. The summed E-state index contributed by atoms with van der Waals surface area (Å²) in [4.78, 5) is 46.1. The van der Waals surface area contributed by atoms with Crippen LogP contribution in [0.1, 0.15) is 26.7 Å². The number of amides is 2. The van der Waals surface area contributed by atoms with Gasteiger partial charge in [-0.2, -0.15) is 0 Å². The van der Waals surface area contributed by atoms with Crippen LogP contribution in [0.4, 0.5) is 22.7 Å². The van der Waals surface area contributed by atoms with E-state index in [0.29, 0.717) is 17.8 Å². The maximum Gasteiger partial charge on any atom is 0.271 e. The van der Waals surface area contributed by atoms with E-state index in [1.807, 2.05) is 13.8 Å². The molecule has 0 radical (unpaired) electrons. The van der Waals surface area contributed by atoms with Crippen molar-refractivity contribution in [3.8, 4) is 0 Å². The summed E-state index contributed by atoms with van der Waals surface area (Å²) in [6, 6.07) is 11.5. The highest BCUT2D eigenvalue weighted by molar-refractivity contribution is 7.80. The molecule has 2 atom stereocenters. The third-order valence-corrected chi connectivity index (χ3v) is 6.75. The molecule has 194 valence electrons. The second kappa shape index (κ2) is 11.3. The SMILES string of the molecule is CC1(C)C(CC(=O)NC(=S)Nc2cccc([N+](=O)[O-])c2)CC1C(=O)NC(=S)Nc1cccc([N+](=O)[O-])c1. The van der Waals surface area contributed by atoms with Crippen LogP contribution in [-0.2, 0) is 9.59 Å². The Morgan fingerprint density at radius 3 is 1.86 bits per heavy atom. The number of non-ortho nitro benzene ring substituents is 2. The molecule has 0 saturated heterocycles. The zero-order valence-corrected chi connectivity index (χ0v) is 21.5. The summed E-state index contributed by atoms with van der Waals surface area (Å²) in [7, 11) is 0. The minimum atomic E-state index is -0.533. The fourth-order valence-electron chi connectivity index (χ4n) is 4.13. The Balaban J connectivity index is 1.48. The maximum atomic E-state index is 12.8. The molecule has 0 spiro atoms. The molecule has 4 N–H and O–H groups in total. The summed E-state index contributed by atoms with van der Waals surface area (Å²) in [5, 5.41) is 32.5. The van der Waals surface area contributed by atoms with Crippen molar-refractivity contribution in [3.05, 3.63) is 68.8 Å². The average molecular weight is 545 g/mol.